The van der Waals surface area contributed by atoms with Gasteiger partial charge in [0.05, 0.1) is 12.1 Å². The van der Waals surface area contributed by atoms with Crippen LogP contribution in [-0.4, -0.2) is 22.2 Å². The first-order chi connectivity index (χ1) is 11.1. The maximum atomic E-state index is 12.6. The molecule has 5 heteroatoms. The molecule has 0 saturated carbocycles. The fraction of sp³-hybridized carbons (Fsp3) is 0.167. The Labute approximate surface area is 142 Å². The fourth-order valence-corrected chi connectivity index (χ4v) is 2.96. The van der Waals surface area contributed by atoms with E-state index in [2.05, 4.69) is 15.9 Å². The Bertz CT molecular complexity index is 853. The Hall–Kier alpha value is -2.11. The van der Waals surface area contributed by atoms with Crippen molar-refractivity contribution < 1.29 is 14.6 Å². The van der Waals surface area contributed by atoms with Crippen LogP contribution < -0.4 is 4.74 Å². The molecule has 0 spiro atoms. The molecule has 0 aliphatic rings. The number of nitrogens with zero attached hydrogens (tertiary/aromatic N) is 1. The fourth-order valence-electron chi connectivity index (χ4n) is 2.70. The van der Waals surface area contributed by atoms with E-state index >= 15 is 0 Å². The third-order valence-electron chi connectivity index (χ3n) is 3.83. The van der Waals surface area contributed by atoms with Gasteiger partial charge in [0.25, 0.3) is 5.91 Å². The van der Waals surface area contributed by atoms with Crippen molar-refractivity contribution in [2.45, 2.75) is 13.5 Å². The van der Waals surface area contributed by atoms with Crippen molar-refractivity contribution in [3.63, 3.8) is 0 Å². The van der Waals surface area contributed by atoms with E-state index in [0.717, 1.165) is 26.6 Å². The van der Waals surface area contributed by atoms with Gasteiger partial charge < -0.3 is 9.84 Å². The Morgan fingerprint density at radius 3 is 2.57 bits per heavy atom. The van der Waals surface area contributed by atoms with Crippen LogP contribution >= 0.6 is 15.9 Å². The number of hydrogen-bond donors (Lipinski definition) is 1. The second-order valence-electron chi connectivity index (χ2n) is 5.21. The van der Waals surface area contributed by atoms with E-state index in [0.29, 0.717) is 5.75 Å². The van der Waals surface area contributed by atoms with Crippen LogP contribution in [0.15, 0.2) is 53.0 Å². The van der Waals surface area contributed by atoms with Crippen molar-refractivity contribution in [1.29, 1.82) is 0 Å². The normalized spacial score (nSPS) is 10.9. The third-order valence-corrected chi connectivity index (χ3v) is 4.35. The molecule has 1 heterocycles. The largest absolute Gasteiger partial charge is 0.484 e. The summed E-state index contributed by atoms with van der Waals surface area (Å²) in [6.45, 7) is 1.68. The van der Waals surface area contributed by atoms with Gasteiger partial charge >= 0.3 is 0 Å². The smallest absolute Gasteiger partial charge is 0.269 e. The molecule has 3 aromatic rings. The van der Waals surface area contributed by atoms with E-state index in [-0.39, 0.29) is 19.1 Å². The molecule has 1 aromatic heterocycles. The van der Waals surface area contributed by atoms with Crippen LogP contribution in [0.3, 0.4) is 0 Å². The topological polar surface area (TPSA) is 51.5 Å². The average Bonchev–Trinajstić information content (AvgIpc) is 2.85. The Kier molecular flexibility index (Phi) is 4.50. The molecule has 0 radical (unpaired) electrons. The lowest BCUT2D eigenvalue weighted by atomic mass is 10.1. The number of rotatable bonds is 4. The highest BCUT2D eigenvalue weighted by Crippen LogP contribution is 2.26. The van der Waals surface area contributed by atoms with Gasteiger partial charge in [-0.3, -0.25) is 9.36 Å². The molecule has 0 fully saturated rings. The lowest BCUT2D eigenvalue weighted by Gasteiger charge is -2.09. The van der Waals surface area contributed by atoms with Crippen LogP contribution in [0.4, 0.5) is 0 Å². The van der Waals surface area contributed by atoms with Crippen LogP contribution in [0.2, 0.25) is 0 Å². The standard InChI is InChI=1S/C18H16BrNO3/c1-12-16(10-21)15-4-2-3-5-17(15)20(12)18(22)11-23-14-8-6-13(19)7-9-14/h2-9,21H,10-11H2,1H3. The van der Waals surface area contributed by atoms with Gasteiger partial charge in [-0.05, 0) is 37.3 Å². The van der Waals surface area contributed by atoms with Crippen molar-refractivity contribution in [2.24, 2.45) is 0 Å². The monoisotopic (exact) mass is 373 g/mol. The number of para-hydroxylation sites is 1. The number of halogens is 1. The van der Waals surface area contributed by atoms with Gasteiger partial charge in [0, 0.05) is 21.1 Å². The predicted molar refractivity (Wildman–Crippen MR) is 92.9 cm³/mol. The lowest BCUT2D eigenvalue weighted by molar-refractivity contribution is 0.0840. The Morgan fingerprint density at radius 1 is 1.17 bits per heavy atom. The van der Waals surface area contributed by atoms with E-state index in [9.17, 15) is 9.90 Å². The summed E-state index contributed by atoms with van der Waals surface area (Å²) in [5.41, 5.74) is 2.31. The predicted octanol–water partition coefficient (Wildman–Crippen LogP) is 3.92. The van der Waals surface area contributed by atoms with Gasteiger partial charge in [0.1, 0.15) is 5.75 Å². The first-order valence-electron chi connectivity index (χ1n) is 7.23. The van der Waals surface area contributed by atoms with Crippen LogP contribution in [0.25, 0.3) is 10.9 Å². The number of hydrogen-bond acceptors (Lipinski definition) is 3. The van der Waals surface area contributed by atoms with Gasteiger partial charge in [-0.15, -0.1) is 0 Å². The first kappa shape index (κ1) is 15.8. The number of aliphatic hydroxyl groups excluding tert-OH is 1. The third kappa shape index (κ3) is 3.02. The molecular weight excluding hydrogens is 358 g/mol. The molecule has 0 saturated heterocycles. The lowest BCUT2D eigenvalue weighted by Crippen LogP contribution is -2.20. The summed E-state index contributed by atoms with van der Waals surface area (Å²) in [5, 5.41) is 10.5. The van der Waals surface area contributed by atoms with Crippen molar-refractivity contribution >= 4 is 32.7 Å². The van der Waals surface area contributed by atoms with Crippen LogP contribution in [0.1, 0.15) is 16.1 Å². The highest BCUT2D eigenvalue weighted by molar-refractivity contribution is 9.10. The molecule has 0 amide bonds. The zero-order valence-electron chi connectivity index (χ0n) is 12.6. The van der Waals surface area contributed by atoms with E-state index in [1.807, 2.05) is 43.3 Å². The summed E-state index contributed by atoms with van der Waals surface area (Å²) in [6.07, 6.45) is 0. The summed E-state index contributed by atoms with van der Waals surface area (Å²) in [4.78, 5) is 12.6. The molecule has 0 atom stereocenters. The molecule has 2 aromatic carbocycles. The minimum atomic E-state index is -0.165. The Morgan fingerprint density at radius 2 is 1.87 bits per heavy atom. The number of carbonyl (C=O) groups excluding carboxylic acids is 1. The van der Waals surface area contributed by atoms with E-state index in [1.165, 1.54) is 0 Å². The van der Waals surface area contributed by atoms with Gasteiger partial charge in [-0.1, -0.05) is 34.1 Å². The molecule has 118 valence electrons. The van der Waals surface area contributed by atoms with Crippen LogP contribution in [0.5, 0.6) is 5.75 Å². The summed E-state index contributed by atoms with van der Waals surface area (Å²) < 4.78 is 8.14. The summed E-state index contributed by atoms with van der Waals surface area (Å²) in [5.74, 6) is 0.472. The van der Waals surface area contributed by atoms with Crippen LogP contribution in [0, 0.1) is 6.92 Å². The number of ether oxygens (including phenoxy) is 1. The van der Waals surface area contributed by atoms with Crippen molar-refractivity contribution in [1.82, 2.24) is 4.57 Å². The Balaban J connectivity index is 1.89. The first-order valence-corrected chi connectivity index (χ1v) is 8.02. The molecular formula is C18H16BrNO3. The van der Waals surface area contributed by atoms with Gasteiger partial charge in [-0.25, -0.2) is 0 Å². The number of benzene rings is 2. The maximum Gasteiger partial charge on any atom is 0.269 e. The van der Waals surface area contributed by atoms with E-state index in [4.69, 9.17) is 4.74 Å². The highest BCUT2D eigenvalue weighted by atomic mass is 79.9. The SMILES string of the molecule is Cc1c(CO)c2ccccc2n1C(=O)COc1ccc(Br)cc1. The minimum Gasteiger partial charge on any atom is -0.484 e. The summed E-state index contributed by atoms with van der Waals surface area (Å²) in [6, 6.07) is 14.9. The molecule has 23 heavy (non-hydrogen) atoms. The van der Waals surface area contributed by atoms with Gasteiger partial charge in [0.2, 0.25) is 0 Å². The van der Waals surface area contributed by atoms with Crippen molar-refractivity contribution in [3.8, 4) is 5.75 Å². The van der Waals surface area contributed by atoms with Crippen LogP contribution in [-0.2, 0) is 6.61 Å². The zero-order chi connectivity index (χ0) is 16.4. The second-order valence-corrected chi connectivity index (χ2v) is 6.13. The number of aliphatic hydroxyl groups is 1. The molecule has 3 rings (SSSR count). The summed E-state index contributed by atoms with van der Waals surface area (Å²) >= 11 is 3.36. The second kappa shape index (κ2) is 6.56. The van der Waals surface area contributed by atoms with Gasteiger partial charge in [-0.2, -0.15) is 0 Å². The molecule has 1 N–H and O–H groups in total. The zero-order valence-corrected chi connectivity index (χ0v) is 14.2. The van der Waals surface area contributed by atoms with Gasteiger partial charge in [0.15, 0.2) is 6.61 Å². The quantitative estimate of drug-likeness (QED) is 0.753. The molecule has 4 nitrogen and oxygen atoms in total. The van der Waals surface area contributed by atoms with Crippen molar-refractivity contribution in [2.75, 3.05) is 6.61 Å². The summed E-state index contributed by atoms with van der Waals surface area (Å²) in [7, 11) is 0. The number of carbonyl (C=O) groups is 1. The molecule has 0 bridgehead atoms. The van der Waals surface area contributed by atoms with E-state index < -0.39 is 0 Å². The maximum absolute atomic E-state index is 12.6. The van der Waals surface area contributed by atoms with E-state index in [1.54, 1.807) is 16.7 Å². The van der Waals surface area contributed by atoms with Crippen molar-refractivity contribution in [3.05, 3.63) is 64.3 Å². The average molecular weight is 374 g/mol. The molecule has 0 aliphatic heterocycles. The highest BCUT2D eigenvalue weighted by Gasteiger charge is 2.18. The number of aromatic nitrogens is 1. The molecule has 0 aliphatic carbocycles. The number of fused-ring (bicyclic) bond motifs is 1. The molecule has 0 unspecified atom stereocenters. The minimum absolute atomic E-state index is 0.0635.